The number of hydrogen-bond acceptors (Lipinski definition) is 5. The van der Waals surface area contributed by atoms with E-state index in [0.29, 0.717) is 17.5 Å². The van der Waals surface area contributed by atoms with E-state index in [0.717, 1.165) is 27.8 Å². The Hall–Kier alpha value is -6.66. The van der Waals surface area contributed by atoms with Crippen molar-refractivity contribution in [3.05, 3.63) is 210 Å². The topological polar surface area (TPSA) is 38.7 Å². The Morgan fingerprint density at radius 3 is 1.67 bits per heavy atom. The minimum Gasteiger partial charge on any atom is -0.208 e. The molecule has 0 atom stereocenters. The first kappa shape index (κ1) is 32.6. The van der Waals surface area contributed by atoms with E-state index in [-0.39, 0.29) is 0 Å². The van der Waals surface area contributed by atoms with Gasteiger partial charge in [-0.2, -0.15) is 0 Å². The van der Waals surface area contributed by atoms with Crippen LogP contribution >= 0.6 is 23.1 Å². The molecule has 0 bridgehead atoms. The molecular weight excluding hydrogens is 731 g/mol. The van der Waals surface area contributed by atoms with Gasteiger partial charge in [-0.3, -0.25) is 0 Å². The normalized spacial score (nSPS) is 13.3. The lowest BCUT2D eigenvalue weighted by Gasteiger charge is -2.39. The SMILES string of the molecule is c1ccc(-c2cccc(-c3nc(-c4ccccc4)nc(-c4cccc5sc6cc7c(cc6c45)Sc4ccccc4C74c5ccccc5-c5ccccc54)n3)c2)cc1. The third-order valence-corrected chi connectivity index (χ3v) is 13.9. The Kier molecular flexibility index (Phi) is 7.25. The minimum atomic E-state index is -0.417. The van der Waals surface area contributed by atoms with Crippen molar-refractivity contribution in [1.82, 2.24) is 15.0 Å². The van der Waals surface area contributed by atoms with Crippen LogP contribution in [0.5, 0.6) is 0 Å². The molecule has 1 aliphatic heterocycles. The maximum absolute atomic E-state index is 5.27. The van der Waals surface area contributed by atoms with Crippen molar-refractivity contribution in [2.75, 3.05) is 0 Å². The van der Waals surface area contributed by atoms with Crippen molar-refractivity contribution in [3.8, 4) is 56.4 Å². The van der Waals surface area contributed by atoms with Crippen molar-refractivity contribution in [2.24, 2.45) is 0 Å². The van der Waals surface area contributed by atoms with E-state index in [9.17, 15) is 0 Å². The molecular formula is C52H31N3S2. The van der Waals surface area contributed by atoms with Gasteiger partial charge in [0.1, 0.15) is 0 Å². The van der Waals surface area contributed by atoms with E-state index in [1.807, 2.05) is 47.4 Å². The molecule has 266 valence electrons. The molecule has 0 N–H and O–H groups in total. The van der Waals surface area contributed by atoms with Crippen LogP contribution in [0.3, 0.4) is 0 Å². The highest BCUT2D eigenvalue weighted by Gasteiger charge is 2.50. The molecule has 57 heavy (non-hydrogen) atoms. The molecule has 0 amide bonds. The Bertz CT molecular complexity index is 3180. The van der Waals surface area contributed by atoms with Crippen LogP contribution in [0.1, 0.15) is 22.3 Å². The van der Waals surface area contributed by atoms with Crippen LogP contribution in [-0.2, 0) is 5.41 Å². The van der Waals surface area contributed by atoms with Gasteiger partial charge in [-0.25, -0.2) is 15.0 Å². The summed E-state index contributed by atoms with van der Waals surface area (Å²) < 4.78 is 2.47. The van der Waals surface area contributed by atoms with E-state index < -0.39 is 5.41 Å². The molecule has 0 radical (unpaired) electrons. The Morgan fingerprint density at radius 1 is 0.351 bits per heavy atom. The zero-order valence-corrected chi connectivity index (χ0v) is 32.2. The summed E-state index contributed by atoms with van der Waals surface area (Å²) in [5.41, 5.74) is 12.8. The summed E-state index contributed by atoms with van der Waals surface area (Å²) in [6.07, 6.45) is 0. The summed E-state index contributed by atoms with van der Waals surface area (Å²) in [7, 11) is 0. The van der Waals surface area contributed by atoms with Gasteiger partial charge in [0.2, 0.25) is 0 Å². The minimum absolute atomic E-state index is 0.417. The van der Waals surface area contributed by atoms with Crippen LogP contribution in [0, 0.1) is 0 Å². The van der Waals surface area contributed by atoms with Crippen molar-refractivity contribution in [2.45, 2.75) is 15.2 Å². The third kappa shape index (κ3) is 4.89. The molecule has 0 unspecified atom stereocenters. The van der Waals surface area contributed by atoms with Gasteiger partial charge in [0.25, 0.3) is 0 Å². The van der Waals surface area contributed by atoms with Gasteiger partial charge >= 0.3 is 0 Å². The molecule has 0 saturated carbocycles. The number of thiophene rings is 1. The van der Waals surface area contributed by atoms with E-state index >= 15 is 0 Å². The molecule has 0 saturated heterocycles. The van der Waals surface area contributed by atoms with E-state index in [2.05, 4.69) is 164 Å². The largest absolute Gasteiger partial charge is 0.208 e. The smallest absolute Gasteiger partial charge is 0.164 e. The highest BCUT2D eigenvalue weighted by atomic mass is 32.2. The average Bonchev–Trinajstić information content (AvgIpc) is 3.80. The Balaban J connectivity index is 1.10. The standard InChI is InChI=1S/C52H31N3S2/c1-3-15-32(16-4-1)34-19-13-20-35(29-34)50-53-49(33-17-5-2-6-18-33)54-51(55-50)38-23-14-28-45-48(38)39-30-47-43(31-46(39)57-45)52(42-26-11-12-27-44(42)56-47)40-24-9-7-21-36(40)37-22-8-10-25-41(37)52/h1-31H. The first-order valence-electron chi connectivity index (χ1n) is 19.2. The predicted molar refractivity (Wildman–Crippen MR) is 236 cm³/mol. The number of rotatable bonds is 4. The van der Waals surface area contributed by atoms with Crippen LogP contribution in [-0.4, -0.2) is 15.0 Å². The second-order valence-electron chi connectivity index (χ2n) is 14.7. The lowest BCUT2D eigenvalue weighted by molar-refractivity contribution is 0.724. The van der Waals surface area contributed by atoms with Gasteiger partial charge in [0, 0.05) is 46.7 Å². The average molecular weight is 762 g/mol. The van der Waals surface area contributed by atoms with E-state index in [1.165, 1.54) is 63.3 Å². The van der Waals surface area contributed by atoms with Crippen LogP contribution < -0.4 is 0 Å². The second kappa shape index (κ2) is 12.7. The molecule has 10 aromatic rings. The van der Waals surface area contributed by atoms with E-state index in [4.69, 9.17) is 15.0 Å². The van der Waals surface area contributed by atoms with E-state index in [1.54, 1.807) is 0 Å². The number of aromatic nitrogens is 3. The fourth-order valence-electron chi connectivity index (χ4n) is 9.17. The number of nitrogens with zero attached hydrogens (tertiary/aromatic N) is 3. The second-order valence-corrected chi connectivity index (χ2v) is 16.9. The molecule has 3 heterocycles. The molecule has 8 aromatic carbocycles. The fourth-order valence-corrected chi connectivity index (χ4v) is 11.5. The summed E-state index contributed by atoms with van der Waals surface area (Å²) in [6, 6.07) is 67.7. The van der Waals surface area contributed by atoms with Gasteiger partial charge in [0.05, 0.1) is 5.41 Å². The van der Waals surface area contributed by atoms with Gasteiger partial charge in [-0.15, -0.1) is 11.3 Å². The fraction of sp³-hybridized carbons (Fsp3) is 0.0192. The monoisotopic (exact) mass is 761 g/mol. The molecule has 1 aliphatic carbocycles. The maximum Gasteiger partial charge on any atom is 0.164 e. The predicted octanol–water partition coefficient (Wildman–Crippen LogP) is 13.7. The maximum atomic E-state index is 5.27. The van der Waals surface area contributed by atoms with Crippen molar-refractivity contribution >= 4 is 43.3 Å². The molecule has 0 fully saturated rings. The molecule has 1 spiro atoms. The summed E-state index contributed by atoms with van der Waals surface area (Å²) >= 11 is 3.73. The zero-order chi connectivity index (χ0) is 37.5. The third-order valence-electron chi connectivity index (χ3n) is 11.6. The Morgan fingerprint density at radius 2 is 0.912 bits per heavy atom. The van der Waals surface area contributed by atoms with Crippen LogP contribution in [0.15, 0.2) is 198 Å². The first-order chi connectivity index (χ1) is 28.2. The lowest BCUT2D eigenvalue weighted by Crippen LogP contribution is -2.31. The summed E-state index contributed by atoms with van der Waals surface area (Å²) in [6.45, 7) is 0. The number of fused-ring (bicyclic) bond motifs is 12. The Labute approximate surface area is 338 Å². The number of hydrogen-bond donors (Lipinski definition) is 0. The molecule has 2 aromatic heterocycles. The lowest BCUT2D eigenvalue weighted by atomic mass is 9.67. The summed E-state index contributed by atoms with van der Waals surface area (Å²) in [5.74, 6) is 1.97. The van der Waals surface area contributed by atoms with Crippen LogP contribution in [0.2, 0.25) is 0 Å². The van der Waals surface area contributed by atoms with Crippen LogP contribution in [0.4, 0.5) is 0 Å². The first-order valence-corrected chi connectivity index (χ1v) is 20.8. The molecule has 5 heteroatoms. The van der Waals surface area contributed by atoms with Crippen molar-refractivity contribution in [1.29, 1.82) is 0 Å². The zero-order valence-electron chi connectivity index (χ0n) is 30.6. The highest BCUT2D eigenvalue weighted by molar-refractivity contribution is 7.99. The molecule has 3 nitrogen and oxygen atoms in total. The molecule has 2 aliphatic rings. The quantitative estimate of drug-likeness (QED) is 0.179. The van der Waals surface area contributed by atoms with Gasteiger partial charge < -0.3 is 0 Å². The number of benzene rings is 8. The van der Waals surface area contributed by atoms with Gasteiger partial charge in [-0.05, 0) is 74.8 Å². The molecule has 12 rings (SSSR count). The van der Waals surface area contributed by atoms with Crippen molar-refractivity contribution < 1.29 is 0 Å². The van der Waals surface area contributed by atoms with Crippen LogP contribution in [0.25, 0.3) is 76.6 Å². The summed E-state index contributed by atoms with van der Waals surface area (Å²) in [4.78, 5) is 18.2. The van der Waals surface area contributed by atoms with Gasteiger partial charge in [0.15, 0.2) is 17.5 Å². The summed E-state index contributed by atoms with van der Waals surface area (Å²) in [5, 5.41) is 2.40. The van der Waals surface area contributed by atoms with Gasteiger partial charge in [-0.1, -0.05) is 169 Å². The highest BCUT2D eigenvalue weighted by Crippen LogP contribution is 2.63. The van der Waals surface area contributed by atoms with Crippen molar-refractivity contribution in [3.63, 3.8) is 0 Å².